The molecule has 0 bridgehead atoms. The summed E-state index contributed by atoms with van der Waals surface area (Å²) in [7, 11) is 1.30. The molecule has 0 aromatic heterocycles. The van der Waals surface area contributed by atoms with E-state index in [0.717, 1.165) is 6.07 Å². The maximum atomic E-state index is 11.9. The van der Waals surface area contributed by atoms with Gasteiger partial charge in [0.1, 0.15) is 11.5 Å². The summed E-state index contributed by atoms with van der Waals surface area (Å²) in [6, 6.07) is 3.55. The van der Waals surface area contributed by atoms with Gasteiger partial charge < -0.3 is 9.47 Å². The van der Waals surface area contributed by atoms with Gasteiger partial charge in [-0.2, -0.15) is 0 Å². The molecule has 0 atom stereocenters. The van der Waals surface area contributed by atoms with Crippen molar-refractivity contribution in [3.05, 3.63) is 23.8 Å². The second kappa shape index (κ2) is 4.20. The summed E-state index contributed by atoms with van der Waals surface area (Å²) in [4.78, 5) is 10.4. The van der Waals surface area contributed by atoms with Gasteiger partial charge in [0.05, 0.1) is 12.7 Å². The third-order valence-electron chi connectivity index (χ3n) is 1.57. The van der Waals surface area contributed by atoms with Crippen molar-refractivity contribution in [3.63, 3.8) is 0 Å². The van der Waals surface area contributed by atoms with Gasteiger partial charge in [0.25, 0.3) is 0 Å². The monoisotopic (exact) mass is 220 g/mol. The Morgan fingerprint density at radius 1 is 1.33 bits per heavy atom. The summed E-state index contributed by atoms with van der Waals surface area (Å²) in [5.74, 6) is -0.392. The smallest absolute Gasteiger partial charge is 0.497 e. The molecule has 0 N–H and O–H groups in total. The molecule has 1 aromatic carbocycles. The van der Waals surface area contributed by atoms with Crippen molar-refractivity contribution in [2.24, 2.45) is 0 Å². The van der Waals surface area contributed by atoms with Crippen molar-refractivity contribution in [2.75, 3.05) is 7.11 Å². The van der Waals surface area contributed by atoms with Crippen molar-refractivity contribution in [1.82, 2.24) is 0 Å². The van der Waals surface area contributed by atoms with Crippen molar-refractivity contribution < 1.29 is 27.4 Å². The number of rotatable bonds is 3. The van der Waals surface area contributed by atoms with Gasteiger partial charge in [-0.1, -0.05) is 0 Å². The Kier molecular flexibility index (Phi) is 3.18. The van der Waals surface area contributed by atoms with Gasteiger partial charge in [0, 0.05) is 6.07 Å². The van der Waals surface area contributed by atoms with Gasteiger partial charge in [0.15, 0.2) is 6.29 Å². The average molecular weight is 220 g/mol. The summed E-state index contributed by atoms with van der Waals surface area (Å²) >= 11 is 0. The lowest BCUT2D eigenvalue weighted by molar-refractivity contribution is -0.274. The van der Waals surface area contributed by atoms with E-state index in [1.165, 1.54) is 19.2 Å². The summed E-state index contributed by atoms with van der Waals surface area (Å²) in [5, 5.41) is 0. The first-order valence-corrected chi connectivity index (χ1v) is 3.85. The summed E-state index contributed by atoms with van der Waals surface area (Å²) in [6.45, 7) is 0. The van der Waals surface area contributed by atoms with Gasteiger partial charge in [-0.15, -0.1) is 13.2 Å². The third kappa shape index (κ3) is 3.16. The lowest BCUT2D eigenvalue weighted by atomic mass is 10.2. The molecule has 82 valence electrons. The van der Waals surface area contributed by atoms with Crippen molar-refractivity contribution in [1.29, 1.82) is 0 Å². The SMILES string of the molecule is COc1ccc(C=O)c(OC(F)(F)F)c1. The normalized spacial score (nSPS) is 10.9. The van der Waals surface area contributed by atoms with Crippen molar-refractivity contribution in [2.45, 2.75) is 6.36 Å². The first-order valence-electron chi connectivity index (χ1n) is 3.85. The third-order valence-corrected chi connectivity index (χ3v) is 1.57. The number of aldehydes is 1. The van der Waals surface area contributed by atoms with E-state index in [9.17, 15) is 18.0 Å². The Morgan fingerprint density at radius 2 is 2.00 bits per heavy atom. The highest BCUT2D eigenvalue weighted by Gasteiger charge is 2.32. The lowest BCUT2D eigenvalue weighted by Gasteiger charge is -2.11. The molecule has 3 nitrogen and oxygen atoms in total. The minimum absolute atomic E-state index is 0.180. The zero-order valence-electron chi connectivity index (χ0n) is 7.67. The molecule has 0 amide bonds. The summed E-state index contributed by atoms with van der Waals surface area (Å²) < 4.78 is 44.1. The van der Waals surface area contributed by atoms with Crippen LogP contribution in [0, 0.1) is 0 Å². The van der Waals surface area contributed by atoms with E-state index in [-0.39, 0.29) is 17.6 Å². The van der Waals surface area contributed by atoms with E-state index in [1.54, 1.807) is 0 Å². The number of carbonyl (C=O) groups excluding carboxylic acids is 1. The van der Waals surface area contributed by atoms with Crippen LogP contribution in [-0.4, -0.2) is 19.8 Å². The van der Waals surface area contributed by atoms with Gasteiger partial charge in [-0.3, -0.25) is 4.79 Å². The number of hydrogen-bond donors (Lipinski definition) is 0. The minimum Gasteiger partial charge on any atom is -0.497 e. The average Bonchev–Trinajstić information content (AvgIpc) is 2.15. The number of ether oxygens (including phenoxy) is 2. The van der Waals surface area contributed by atoms with Gasteiger partial charge in [-0.05, 0) is 12.1 Å². The van der Waals surface area contributed by atoms with E-state index < -0.39 is 12.1 Å². The Morgan fingerprint density at radius 3 is 2.47 bits per heavy atom. The van der Waals surface area contributed by atoms with Crippen LogP contribution >= 0.6 is 0 Å². The molecule has 0 heterocycles. The number of halogens is 3. The molecule has 0 aliphatic heterocycles. The number of alkyl halides is 3. The maximum Gasteiger partial charge on any atom is 0.573 e. The van der Waals surface area contributed by atoms with Crippen LogP contribution in [0.5, 0.6) is 11.5 Å². The summed E-state index contributed by atoms with van der Waals surface area (Å²) in [5.41, 5.74) is -0.187. The molecule has 0 unspecified atom stereocenters. The highest BCUT2D eigenvalue weighted by atomic mass is 19.4. The molecule has 0 fully saturated rings. The van der Waals surface area contributed by atoms with Gasteiger partial charge in [-0.25, -0.2) is 0 Å². The molecule has 0 saturated heterocycles. The zero-order chi connectivity index (χ0) is 11.5. The fourth-order valence-corrected chi connectivity index (χ4v) is 0.952. The second-order valence-electron chi connectivity index (χ2n) is 2.57. The maximum absolute atomic E-state index is 11.9. The van der Waals surface area contributed by atoms with E-state index in [4.69, 9.17) is 4.74 Å². The van der Waals surface area contributed by atoms with E-state index in [0.29, 0.717) is 0 Å². The van der Waals surface area contributed by atoms with Crippen LogP contribution in [-0.2, 0) is 0 Å². The topological polar surface area (TPSA) is 35.5 Å². The minimum atomic E-state index is -4.83. The molecule has 0 radical (unpaired) electrons. The van der Waals surface area contributed by atoms with E-state index >= 15 is 0 Å². The standard InChI is InChI=1S/C9H7F3O3/c1-14-7-3-2-6(5-13)8(4-7)15-9(10,11)12/h2-5H,1H3. The van der Waals surface area contributed by atoms with Crippen LogP contribution in [0.15, 0.2) is 18.2 Å². The Hall–Kier alpha value is -1.72. The van der Waals surface area contributed by atoms with E-state index in [2.05, 4.69) is 4.74 Å². The quantitative estimate of drug-likeness (QED) is 0.733. The first kappa shape index (κ1) is 11.4. The Balaban J connectivity index is 3.06. The van der Waals surface area contributed by atoms with Crippen LogP contribution in [0.3, 0.4) is 0 Å². The second-order valence-corrected chi connectivity index (χ2v) is 2.57. The fourth-order valence-electron chi connectivity index (χ4n) is 0.952. The largest absolute Gasteiger partial charge is 0.573 e. The predicted octanol–water partition coefficient (Wildman–Crippen LogP) is 2.41. The molecular weight excluding hydrogens is 213 g/mol. The molecule has 1 rings (SSSR count). The highest BCUT2D eigenvalue weighted by Crippen LogP contribution is 2.28. The van der Waals surface area contributed by atoms with Crippen LogP contribution in [0.25, 0.3) is 0 Å². The van der Waals surface area contributed by atoms with E-state index in [1.807, 2.05) is 0 Å². The van der Waals surface area contributed by atoms with Crippen LogP contribution in [0.2, 0.25) is 0 Å². The van der Waals surface area contributed by atoms with Crippen LogP contribution in [0.4, 0.5) is 13.2 Å². The predicted molar refractivity (Wildman–Crippen MR) is 45.1 cm³/mol. The number of benzene rings is 1. The molecule has 0 aliphatic carbocycles. The first-order chi connectivity index (χ1) is 6.96. The number of hydrogen-bond acceptors (Lipinski definition) is 3. The van der Waals surface area contributed by atoms with Crippen LogP contribution in [0.1, 0.15) is 10.4 Å². The summed E-state index contributed by atoms with van der Waals surface area (Å²) in [6.07, 6.45) is -4.55. The molecular formula is C9H7F3O3. The fraction of sp³-hybridized carbons (Fsp3) is 0.222. The van der Waals surface area contributed by atoms with Gasteiger partial charge in [0.2, 0.25) is 0 Å². The Labute approximate surface area is 83.4 Å². The van der Waals surface area contributed by atoms with Crippen molar-refractivity contribution >= 4 is 6.29 Å². The molecule has 6 heteroatoms. The van der Waals surface area contributed by atoms with Crippen LogP contribution < -0.4 is 9.47 Å². The molecule has 0 aliphatic rings. The molecule has 15 heavy (non-hydrogen) atoms. The molecule has 0 spiro atoms. The highest BCUT2D eigenvalue weighted by molar-refractivity contribution is 5.79. The molecule has 0 saturated carbocycles. The number of carbonyl (C=O) groups is 1. The van der Waals surface area contributed by atoms with Crippen molar-refractivity contribution in [3.8, 4) is 11.5 Å². The molecule has 1 aromatic rings. The Bertz CT molecular complexity index is 360. The zero-order valence-corrected chi connectivity index (χ0v) is 7.67. The van der Waals surface area contributed by atoms with Gasteiger partial charge >= 0.3 is 6.36 Å². The number of methoxy groups -OCH3 is 1. The lowest BCUT2D eigenvalue weighted by Crippen LogP contribution is -2.18.